The van der Waals surface area contributed by atoms with Crippen molar-refractivity contribution in [2.24, 2.45) is 11.3 Å². The Labute approximate surface area is 149 Å². The lowest BCUT2D eigenvalue weighted by molar-refractivity contribution is -0.202. The molecule has 0 aromatic heterocycles. The molecule has 0 spiro atoms. The third-order valence-electron chi connectivity index (χ3n) is 6.88. The number of carbonyl (C=O) groups is 2. The van der Waals surface area contributed by atoms with E-state index in [1.54, 1.807) is 13.8 Å². The number of allylic oxidation sites excluding steroid dienone is 2. The number of hydrogen-bond acceptors (Lipinski definition) is 5. The Morgan fingerprint density at radius 2 is 1.88 bits per heavy atom. The Balaban J connectivity index is 1.84. The van der Waals surface area contributed by atoms with Crippen molar-refractivity contribution in [2.45, 2.75) is 90.6 Å². The van der Waals surface area contributed by atoms with Crippen molar-refractivity contribution in [2.75, 3.05) is 0 Å². The molecule has 0 amide bonds. The van der Waals surface area contributed by atoms with Gasteiger partial charge in [0.2, 0.25) is 0 Å². The predicted octanol–water partition coefficient (Wildman–Crippen LogP) is 2.94. The summed E-state index contributed by atoms with van der Waals surface area (Å²) in [5.41, 5.74) is -0.478. The predicted molar refractivity (Wildman–Crippen MR) is 92.9 cm³/mol. The Bertz CT molecular complexity index is 644. The number of fused-ring (bicyclic) bond motifs is 1. The minimum Gasteiger partial charge on any atom is -0.457 e. The van der Waals surface area contributed by atoms with E-state index >= 15 is 0 Å². The van der Waals surface area contributed by atoms with Crippen molar-refractivity contribution in [3.63, 3.8) is 0 Å². The molecule has 2 aliphatic carbocycles. The molecule has 2 saturated carbocycles. The Kier molecular flexibility index (Phi) is 4.20. The van der Waals surface area contributed by atoms with Crippen LogP contribution in [0.25, 0.3) is 0 Å². The van der Waals surface area contributed by atoms with E-state index in [1.165, 1.54) is 0 Å². The standard InChI is InChI=1S/C20H30O5/c1-11(2)13-9-15-18(4,10-14(13)21)8-7-16(19(15,5)23)24-17(22)20(6)12(3)25-20/h12,15-16,23H,7-10H2,1-6H3/t12-,15-,16+,18+,19-,20+/m0/s1. The molecule has 0 aromatic carbocycles. The van der Waals surface area contributed by atoms with E-state index in [0.717, 1.165) is 17.6 Å². The van der Waals surface area contributed by atoms with Gasteiger partial charge in [0.05, 0.1) is 6.10 Å². The van der Waals surface area contributed by atoms with E-state index in [1.807, 2.05) is 20.8 Å². The molecule has 5 heteroatoms. The average molecular weight is 350 g/mol. The first kappa shape index (κ1) is 18.6. The normalized spacial score (nSPS) is 46.4. The largest absolute Gasteiger partial charge is 0.457 e. The highest BCUT2D eigenvalue weighted by atomic mass is 16.7. The van der Waals surface area contributed by atoms with Gasteiger partial charge in [-0.1, -0.05) is 12.5 Å². The Morgan fingerprint density at radius 3 is 2.40 bits per heavy atom. The van der Waals surface area contributed by atoms with Gasteiger partial charge in [-0.15, -0.1) is 0 Å². The maximum atomic E-state index is 12.5. The molecule has 3 fully saturated rings. The molecule has 0 radical (unpaired) electrons. The molecule has 1 N–H and O–H groups in total. The molecule has 1 saturated heterocycles. The fourth-order valence-electron chi connectivity index (χ4n) is 4.77. The molecule has 6 atom stereocenters. The second kappa shape index (κ2) is 5.65. The molecule has 140 valence electrons. The van der Waals surface area contributed by atoms with Gasteiger partial charge in [-0.3, -0.25) is 4.79 Å². The molecule has 1 heterocycles. The van der Waals surface area contributed by atoms with Crippen LogP contribution in [0.3, 0.4) is 0 Å². The van der Waals surface area contributed by atoms with E-state index in [0.29, 0.717) is 19.3 Å². The van der Waals surface area contributed by atoms with Crippen molar-refractivity contribution < 1.29 is 24.2 Å². The van der Waals surface area contributed by atoms with Crippen LogP contribution in [0.1, 0.15) is 67.2 Å². The fourth-order valence-corrected chi connectivity index (χ4v) is 4.77. The van der Waals surface area contributed by atoms with Crippen LogP contribution in [0.5, 0.6) is 0 Å². The summed E-state index contributed by atoms with van der Waals surface area (Å²) in [6.45, 7) is 11.3. The number of Topliss-reactive ketones (excluding diaryl/α,β-unsaturated/α-hetero) is 1. The lowest BCUT2D eigenvalue weighted by Crippen LogP contribution is -2.60. The molecule has 3 aliphatic rings. The topological polar surface area (TPSA) is 76.1 Å². The second-order valence-corrected chi connectivity index (χ2v) is 9.01. The van der Waals surface area contributed by atoms with Crippen LogP contribution in [0.15, 0.2) is 11.1 Å². The zero-order chi connectivity index (χ0) is 18.8. The van der Waals surface area contributed by atoms with E-state index < -0.39 is 23.3 Å². The minimum atomic E-state index is -1.17. The quantitative estimate of drug-likeness (QED) is 0.471. The number of ether oxygens (including phenoxy) is 2. The lowest BCUT2D eigenvalue weighted by Gasteiger charge is -2.55. The maximum absolute atomic E-state index is 12.5. The summed E-state index contributed by atoms with van der Waals surface area (Å²) in [6, 6.07) is 0. The van der Waals surface area contributed by atoms with Crippen molar-refractivity contribution in [1.29, 1.82) is 0 Å². The molecular weight excluding hydrogens is 320 g/mol. The maximum Gasteiger partial charge on any atom is 0.341 e. The third-order valence-corrected chi connectivity index (χ3v) is 6.88. The number of epoxide rings is 1. The van der Waals surface area contributed by atoms with Gasteiger partial charge >= 0.3 is 5.97 Å². The second-order valence-electron chi connectivity index (χ2n) is 9.01. The molecule has 1 aliphatic heterocycles. The smallest absolute Gasteiger partial charge is 0.341 e. The third kappa shape index (κ3) is 2.85. The lowest BCUT2D eigenvalue weighted by atomic mass is 9.53. The monoisotopic (exact) mass is 350 g/mol. The highest BCUT2D eigenvalue weighted by Gasteiger charge is 2.61. The van der Waals surface area contributed by atoms with Crippen molar-refractivity contribution in [3.8, 4) is 0 Å². The first-order valence-corrected chi connectivity index (χ1v) is 9.22. The SMILES string of the molecule is CC(C)=C1C[C@H]2[C@](C)(CC[C@@H](OC(=O)[C@]3(C)O[C@H]3C)[C@@]2(C)O)CC1=O. The van der Waals surface area contributed by atoms with Crippen LogP contribution in [0.2, 0.25) is 0 Å². The molecular formula is C20H30O5. The van der Waals surface area contributed by atoms with Crippen molar-refractivity contribution in [3.05, 3.63) is 11.1 Å². The zero-order valence-corrected chi connectivity index (χ0v) is 16.1. The molecule has 5 nitrogen and oxygen atoms in total. The van der Waals surface area contributed by atoms with Crippen molar-refractivity contribution in [1.82, 2.24) is 0 Å². The summed E-state index contributed by atoms with van der Waals surface area (Å²) >= 11 is 0. The Morgan fingerprint density at radius 1 is 1.28 bits per heavy atom. The van der Waals surface area contributed by atoms with Crippen LogP contribution in [-0.4, -0.2) is 40.3 Å². The number of aliphatic hydroxyl groups is 1. The average Bonchev–Trinajstić information content (AvgIpc) is 3.10. The van der Waals surface area contributed by atoms with Crippen LogP contribution in [-0.2, 0) is 19.1 Å². The summed E-state index contributed by atoms with van der Waals surface area (Å²) in [6.07, 6.45) is 1.60. The molecule has 25 heavy (non-hydrogen) atoms. The fraction of sp³-hybridized carbons (Fsp3) is 0.800. The van der Waals surface area contributed by atoms with Gasteiger partial charge in [-0.05, 0) is 64.9 Å². The van der Waals surface area contributed by atoms with Gasteiger partial charge in [0.15, 0.2) is 11.4 Å². The summed E-state index contributed by atoms with van der Waals surface area (Å²) in [5, 5.41) is 11.3. The minimum absolute atomic E-state index is 0.112. The number of rotatable bonds is 2. The van der Waals surface area contributed by atoms with Gasteiger partial charge in [0.25, 0.3) is 0 Å². The van der Waals surface area contributed by atoms with E-state index in [-0.39, 0.29) is 23.2 Å². The first-order valence-electron chi connectivity index (χ1n) is 9.22. The molecule has 0 unspecified atom stereocenters. The summed E-state index contributed by atoms with van der Waals surface area (Å²) in [7, 11) is 0. The van der Waals surface area contributed by atoms with Crippen LogP contribution in [0, 0.1) is 11.3 Å². The van der Waals surface area contributed by atoms with E-state index in [4.69, 9.17) is 9.47 Å². The van der Waals surface area contributed by atoms with Crippen LogP contribution in [0.4, 0.5) is 0 Å². The number of carbonyl (C=O) groups excluding carboxylic acids is 2. The number of hydrogen-bond donors (Lipinski definition) is 1. The molecule has 0 bridgehead atoms. The van der Waals surface area contributed by atoms with Crippen LogP contribution >= 0.6 is 0 Å². The number of ketones is 1. The van der Waals surface area contributed by atoms with Gasteiger partial charge < -0.3 is 14.6 Å². The first-order chi connectivity index (χ1) is 11.4. The highest BCUT2D eigenvalue weighted by Crippen LogP contribution is 2.55. The molecule has 3 rings (SSSR count). The van der Waals surface area contributed by atoms with Crippen molar-refractivity contribution >= 4 is 11.8 Å². The summed E-state index contributed by atoms with van der Waals surface area (Å²) in [4.78, 5) is 24.9. The van der Waals surface area contributed by atoms with E-state index in [2.05, 4.69) is 6.92 Å². The molecule has 0 aromatic rings. The van der Waals surface area contributed by atoms with Gasteiger partial charge in [-0.2, -0.15) is 0 Å². The van der Waals surface area contributed by atoms with Gasteiger partial charge in [0.1, 0.15) is 11.7 Å². The summed E-state index contributed by atoms with van der Waals surface area (Å²) in [5.74, 6) is -0.319. The Hall–Kier alpha value is -1.20. The van der Waals surface area contributed by atoms with Gasteiger partial charge in [-0.25, -0.2) is 4.79 Å². The summed E-state index contributed by atoms with van der Waals surface area (Å²) < 4.78 is 11.1. The number of esters is 1. The van der Waals surface area contributed by atoms with E-state index in [9.17, 15) is 14.7 Å². The van der Waals surface area contributed by atoms with Gasteiger partial charge in [0, 0.05) is 12.3 Å². The zero-order valence-electron chi connectivity index (χ0n) is 16.1. The highest BCUT2D eigenvalue weighted by molar-refractivity contribution is 5.97. The van der Waals surface area contributed by atoms with Crippen LogP contribution < -0.4 is 0 Å².